The SMILES string of the molecule is COC(=O)[C@@H](Cc1ccc(Cl)cc1)NC=O. The Hall–Kier alpha value is -1.55. The van der Waals surface area contributed by atoms with Gasteiger partial charge in [-0.1, -0.05) is 23.7 Å². The standard InChI is InChI=1S/C11H12ClNO3/c1-16-11(15)10(13-7-14)6-8-2-4-9(12)5-3-8/h2-5,7,10H,6H2,1H3,(H,13,14)/t10-/m1/s1. The van der Waals surface area contributed by atoms with E-state index in [9.17, 15) is 9.59 Å². The van der Waals surface area contributed by atoms with Crippen LogP contribution >= 0.6 is 11.6 Å². The lowest BCUT2D eigenvalue weighted by Crippen LogP contribution is -2.38. The molecule has 0 heterocycles. The highest BCUT2D eigenvalue weighted by atomic mass is 35.5. The maximum absolute atomic E-state index is 11.3. The van der Waals surface area contributed by atoms with Gasteiger partial charge in [0.15, 0.2) is 0 Å². The summed E-state index contributed by atoms with van der Waals surface area (Å²) in [7, 11) is 1.28. The van der Waals surface area contributed by atoms with Gasteiger partial charge in [-0.3, -0.25) is 4.79 Å². The Morgan fingerprint density at radius 1 is 1.50 bits per heavy atom. The number of nitrogens with one attached hydrogen (secondary N) is 1. The average molecular weight is 242 g/mol. The molecule has 5 heteroatoms. The molecule has 1 rings (SSSR count). The molecule has 1 atom stereocenters. The summed E-state index contributed by atoms with van der Waals surface area (Å²) in [6, 6.07) is 6.39. The van der Waals surface area contributed by atoms with Crippen molar-refractivity contribution in [1.82, 2.24) is 5.32 Å². The third kappa shape index (κ3) is 3.55. The van der Waals surface area contributed by atoms with Gasteiger partial charge in [-0.25, -0.2) is 4.79 Å². The van der Waals surface area contributed by atoms with Gasteiger partial charge in [0.1, 0.15) is 6.04 Å². The summed E-state index contributed by atoms with van der Waals surface area (Å²) >= 11 is 5.74. The van der Waals surface area contributed by atoms with Crippen LogP contribution in [0.1, 0.15) is 5.56 Å². The van der Waals surface area contributed by atoms with Crippen molar-refractivity contribution in [2.75, 3.05) is 7.11 Å². The maximum Gasteiger partial charge on any atom is 0.328 e. The fraction of sp³-hybridized carbons (Fsp3) is 0.273. The lowest BCUT2D eigenvalue weighted by molar-refractivity contribution is -0.144. The molecule has 0 bridgehead atoms. The van der Waals surface area contributed by atoms with Crippen LogP contribution in [0, 0.1) is 0 Å². The third-order valence-corrected chi connectivity index (χ3v) is 2.36. The zero-order valence-corrected chi connectivity index (χ0v) is 9.53. The van der Waals surface area contributed by atoms with Crippen LogP contribution in [0.4, 0.5) is 0 Å². The highest BCUT2D eigenvalue weighted by molar-refractivity contribution is 6.30. The smallest absolute Gasteiger partial charge is 0.328 e. The van der Waals surface area contributed by atoms with Crippen LogP contribution in [0.15, 0.2) is 24.3 Å². The molecule has 0 saturated carbocycles. The summed E-state index contributed by atoms with van der Waals surface area (Å²) in [5, 5.41) is 3.03. The summed E-state index contributed by atoms with van der Waals surface area (Å²) in [5.41, 5.74) is 0.897. The number of carbonyl (C=O) groups excluding carboxylic acids is 2. The fourth-order valence-electron chi connectivity index (χ4n) is 1.29. The average Bonchev–Trinajstić information content (AvgIpc) is 2.30. The molecule has 4 nitrogen and oxygen atoms in total. The number of hydrogen-bond donors (Lipinski definition) is 1. The second kappa shape index (κ2) is 6.12. The van der Waals surface area contributed by atoms with Gasteiger partial charge in [-0.15, -0.1) is 0 Å². The number of esters is 1. The molecule has 0 unspecified atom stereocenters. The number of ether oxygens (including phenoxy) is 1. The summed E-state index contributed by atoms with van der Waals surface area (Å²) in [5.74, 6) is -0.470. The van der Waals surface area contributed by atoms with Crippen LogP contribution in [0.2, 0.25) is 5.02 Å². The highest BCUT2D eigenvalue weighted by Crippen LogP contribution is 2.11. The van der Waals surface area contributed by atoms with Crippen LogP contribution in [-0.2, 0) is 20.7 Å². The van der Waals surface area contributed by atoms with E-state index in [2.05, 4.69) is 10.1 Å². The topological polar surface area (TPSA) is 55.4 Å². The number of carbonyl (C=O) groups is 2. The van der Waals surface area contributed by atoms with E-state index in [1.54, 1.807) is 24.3 Å². The van der Waals surface area contributed by atoms with Crippen molar-refractivity contribution in [3.05, 3.63) is 34.9 Å². The Labute approximate surface area is 98.5 Å². The highest BCUT2D eigenvalue weighted by Gasteiger charge is 2.18. The van der Waals surface area contributed by atoms with Gasteiger partial charge in [0.05, 0.1) is 7.11 Å². The predicted octanol–water partition coefficient (Wildman–Crippen LogP) is 1.17. The molecule has 16 heavy (non-hydrogen) atoms. The molecule has 0 aromatic heterocycles. The minimum Gasteiger partial charge on any atom is -0.467 e. The number of rotatable bonds is 5. The van der Waals surface area contributed by atoms with Gasteiger partial charge in [0, 0.05) is 11.4 Å². The van der Waals surface area contributed by atoms with Gasteiger partial charge >= 0.3 is 5.97 Å². The Bertz CT molecular complexity index is 364. The van der Waals surface area contributed by atoms with E-state index < -0.39 is 12.0 Å². The Balaban J connectivity index is 2.71. The van der Waals surface area contributed by atoms with Crippen molar-refractivity contribution in [2.45, 2.75) is 12.5 Å². The van der Waals surface area contributed by atoms with Crippen molar-refractivity contribution in [3.8, 4) is 0 Å². The first-order chi connectivity index (χ1) is 7.67. The largest absolute Gasteiger partial charge is 0.467 e. The van der Waals surface area contributed by atoms with Crippen molar-refractivity contribution >= 4 is 24.0 Å². The lowest BCUT2D eigenvalue weighted by Gasteiger charge is -2.13. The molecule has 0 aliphatic rings. The van der Waals surface area contributed by atoms with Crippen molar-refractivity contribution in [2.24, 2.45) is 0 Å². The number of methoxy groups -OCH3 is 1. The third-order valence-electron chi connectivity index (χ3n) is 2.11. The minimum atomic E-state index is -0.663. The van der Waals surface area contributed by atoms with Gasteiger partial charge in [-0.05, 0) is 17.7 Å². The van der Waals surface area contributed by atoms with Crippen LogP contribution in [-0.4, -0.2) is 25.5 Å². The number of hydrogen-bond acceptors (Lipinski definition) is 3. The normalized spacial score (nSPS) is 11.6. The molecule has 0 aliphatic carbocycles. The van der Waals surface area contributed by atoms with E-state index in [-0.39, 0.29) is 0 Å². The van der Waals surface area contributed by atoms with E-state index >= 15 is 0 Å². The molecule has 86 valence electrons. The molecular weight excluding hydrogens is 230 g/mol. The molecule has 1 N–H and O–H groups in total. The van der Waals surface area contributed by atoms with Crippen LogP contribution in [0.3, 0.4) is 0 Å². The first-order valence-corrected chi connectivity index (χ1v) is 5.07. The Kier molecular flexibility index (Phi) is 4.79. The maximum atomic E-state index is 11.3. The molecule has 1 aromatic rings. The van der Waals surface area contributed by atoms with Crippen LogP contribution in [0.25, 0.3) is 0 Å². The first kappa shape index (κ1) is 12.5. The predicted molar refractivity (Wildman–Crippen MR) is 60.2 cm³/mol. The summed E-state index contributed by atoms with van der Waals surface area (Å²) in [6.07, 6.45) is 0.861. The van der Waals surface area contributed by atoms with Gasteiger partial charge < -0.3 is 10.1 Å². The molecule has 1 amide bonds. The summed E-state index contributed by atoms with van der Waals surface area (Å²) < 4.78 is 4.57. The first-order valence-electron chi connectivity index (χ1n) is 4.69. The fourth-order valence-corrected chi connectivity index (χ4v) is 1.42. The molecule has 0 saturated heterocycles. The molecule has 0 spiro atoms. The summed E-state index contributed by atoms with van der Waals surface area (Å²) in [6.45, 7) is 0. The molecule has 0 fully saturated rings. The number of halogens is 1. The Morgan fingerprint density at radius 3 is 2.62 bits per heavy atom. The summed E-state index contributed by atoms with van der Waals surface area (Å²) in [4.78, 5) is 21.6. The van der Waals surface area contributed by atoms with Crippen molar-refractivity contribution < 1.29 is 14.3 Å². The van der Waals surface area contributed by atoms with E-state index in [0.717, 1.165) is 5.56 Å². The monoisotopic (exact) mass is 241 g/mol. The second-order valence-electron chi connectivity index (χ2n) is 3.19. The van der Waals surface area contributed by atoms with Gasteiger partial charge in [-0.2, -0.15) is 0 Å². The van der Waals surface area contributed by atoms with Crippen molar-refractivity contribution in [1.29, 1.82) is 0 Å². The number of benzene rings is 1. The second-order valence-corrected chi connectivity index (χ2v) is 3.63. The quantitative estimate of drug-likeness (QED) is 0.622. The van der Waals surface area contributed by atoms with E-state index in [4.69, 9.17) is 11.6 Å². The van der Waals surface area contributed by atoms with Crippen LogP contribution in [0.5, 0.6) is 0 Å². The van der Waals surface area contributed by atoms with Gasteiger partial charge in [0.25, 0.3) is 0 Å². The molecule has 0 aliphatic heterocycles. The molecular formula is C11H12ClNO3. The lowest BCUT2D eigenvalue weighted by atomic mass is 10.1. The van der Waals surface area contributed by atoms with Crippen LogP contribution < -0.4 is 5.32 Å². The zero-order chi connectivity index (χ0) is 12.0. The van der Waals surface area contributed by atoms with E-state index in [1.807, 2.05) is 0 Å². The molecule has 1 aromatic carbocycles. The molecule has 0 radical (unpaired) electrons. The Morgan fingerprint density at radius 2 is 2.12 bits per heavy atom. The van der Waals surface area contributed by atoms with Crippen molar-refractivity contribution in [3.63, 3.8) is 0 Å². The minimum absolute atomic E-state index is 0.378. The zero-order valence-electron chi connectivity index (χ0n) is 8.77. The van der Waals surface area contributed by atoms with E-state index in [1.165, 1.54) is 7.11 Å². The van der Waals surface area contributed by atoms with E-state index in [0.29, 0.717) is 17.9 Å². The number of amides is 1. The van der Waals surface area contributed by atoms with Gasteiger partial charge in [0.2, 0.25) is 6.41 Å².